The van der Waals surface area contributed by atoms with Crippen molar-refractivity contribution >= 4 is 23.7 Å². The van der Waals surface area contributed by atoms with Gasteiger partial charge < -0.3 is 15.4 Å². The second kappa shape index (κ2) is 15.0. The number of anilines is 2. The van der Waals surface area contributed by atoms with Gasteiger partial charge in [0.1, 0.15) is 17.7 Å². The quantitative estimate of drug-likeness (QED) is 0.166. The first-order valence-corrected chi connectivity index (χ1v) is 14.4. The third kappa shape index (κ3) is 8.82. The zero-order valence-corrected chi connectivity index (χ0v) is 26.8. The molecule has 0 bridgehead atoms. The van der Waals surface area contributed by atoms with Gasteiger partial charge in [-0.25, -0.2) is 4.98 Å². The fourth-order valence-corrected chi connectivity index (χ4v) is 4.10. The maximum atomic E-state index is 12.4. The Bertz CT molecular complexity index is 1670. The first-order chi connectivity index (χ1) is 20.9. The van der Waals surface area contributed by atoms with E-state index in [0.717, 1.165) is 46.5 Å². The number of carbonyl (C=O) groups excluding carboxylic acids is 2. The third-order valence-corrected chi connectivity index (χ3v) is 7.09. The Morgan fingerprint density at radius 2 is 1.64 bits per heavy atom. The minimum atomic E-state index is -0.939. The Hall–Kier alpha value is -4.87. The van der Waals surface area contributed by atoms with Crippen LogP contribution < -0.4 is 10.6 Å². The predicted octanol–water partition coefficient (Wildman–Crippen LogP) is 7.11. The normalized spacial score (nSPS) is 10.9. The molecule has 44 heavy (non-hydrogen) atoms. The summed E-state index contributed by atoms with van der Waals surface area (Å²) in [7, 11) is 3.41. The molecule has 0 aliphatic rings. The minimum absolute atomic E-state index is 0.258. The molecule has 3 heterocycles. The van der Waals surface area contributed by atoms with Crippen molar-refractivity contribution in [3.63, 3.8) is 0 Å². The van der Waals surface area contributed by atoms with Crippen LogP contribution in [0.15, 0.2) is 73.2 Å². The highest BCUT2D eigenvalue weighted by atomic mass is 16.5. The summed E-state index contributed by atoms with van der Waals surface area (Å²) in [5, 5.41) is 5.98. The molecule has 1 amide bonds. The van der Waals surface area contributed by atoms with Gasteiger partial charge in [-0.3, -0.25) is 19.6 Å². The lowest BCUT2D eigenvalue weighted by molar-refractivity contribution is -0.133. The SMILES string of the molecule is CCC#CC(C)(C)c1cc(C=O)ccn1.CNc1ccc(C)c(-c2ccnc(-c3ccnc(NC(=O)C(C)(C)OC)c3)c2)c1. The van der Waals surface area contributed by atoms with E-state index in [0.29, 0.717) is 11.4 Å². The maximum Gasteiger partial charge on any atom is 0.257 e. The first kappa shape index (κ1) is 33.6. The lowest BCUT2D eigenvalue weighted by Crippen LogP contribution is -2.39. The van der Waals surface area contributed by atoms with Crippen LogP contribution >= 0.6 is 0 Å². The molecule has 1 aromatic carbocycles. The van der Waals surface area contributed by atoms with Crippen molar-refractivity contribution in [1.29, 1.82) is 0 Å². The second-order valence-electron chi connectivity index (χ2n) is 11.2. The van der Waals surface area contributed by atoms with Crippen molar-refractivity contribution in [1.82, 2.24) is 15.0 Å². The van der Waals surface area contributed by atoms with Crippen molar-refractivity contribution in [2.24, 2.45) is 0 Å². The summed E-state index contributed by atoms with van der Waals surface area (Å²) in [5.41, 5.74) is 6.39. The fourth-order valence-electron chi connectivity index (χ4n) is 4.10. The van der Waals surface area contributed by atoms with Gasteiger partial charge in [-0.2, -0.15) is 0 Å². The van der Waals surface area contributed by atoms with Crippen LogP contribution in [0.3, 0.4) is 0 Å². The average molecular weight is 592 g/mol. The number of pyridine rings is 3. The molecule has 0 spiro atoms. The summed E-state index contributed by atoms with van der Waals surface area (Å²) >= 11 is 0. The van der Waals surface area contributed by atoms with Gasteiger partial charge in [-0.05, 0) is 99.8 Å². The standard InChI is InChI=1S/C23H26N4O2.C13H15NO/c1-15-6-7-18(24-4)14-19(15)16-8-10-25-20(12-16)17-9-11-26-21(13-17)27-22(28)23(2,3)29-5;1-4-5-7-13(2,3)12-9-11(10-15)6-8-14-12/h6-14,24H,1-5H3,(H,26,27,28);6,8-10H,4H2,1-3H3. The van der Waals surface area contributed by atoms with Gasteiger partial charge in [0.05, 0.1) is 16.8 Å². The number of hydrogen-bond donors (Lipinski definition) is 2. The number of benzene rings is 1. The number of amides is 1. The van der Waals surface area contributed by atoms with Crippen molar-refractivity contribution in [2.45, 2.75) is 59.0 Å². The number of methoxy groups -OCH3 is 1. The molecule has 0 aliphatic heterocycles. The molecule has 0 saturated heterocycles. The van der Waals surface area contributed by atoms with Crippen LogP contribution in [0.1, 0.15) is 62.7 Å². The van der Waals surface area contributed by atoms with Crippen LogP contribution in [0.2, 0.25) is 0 Å². The van der Waals surface area contributed by atoms with Crippen LogP contribution in [0, 0.1) is 18.8 Å². The molecule has 0 unspecified atom stereocenters. The second-order valence-corrected chi connectivity index (χ2v) is 11.2. The van der Waals surface area contributed by atoms with Gasteiger partial charge in [0.2, 0.25) is 0 Å². The molecule has 8 heteroatoms. The maximum absolute atomic E-state index is 12.4. The Labute approximate surface area is 260 Å². The number of aryl methyl sites for hydroxylation is 1. The molecule has 228 valence electrons. The first-order valence-electron chi connectivity index (χ1n) is 14.4. The van der Waals surface area contributed by atoms with E-state index in [1.807, 2.05) is 52.1 Å². The number of rotatable bonds is 8. The smallest absolute Gasteiger partial charge is 0.257 e. The van der Waals surface area contributed by atoms with Gasteiger partial charge in [-0.15, -0.1) is 5.92 Å². The van der Waals surface area contributed by atoms with E-state index in [2.05, 4.69) is 62.5 Å². The van der Waals surface area contributed by atoms with Crippen LogP contribution in [0.5, 0.6) is 0 Å². The van der Waals surface area contributed by atoms with E-state index < -0.39 is 5.60 Å². The van der Waals surface area contributed by atoms with E-state index in [9.17, 15) is 9.59 Å². The van der Waals surface area contributed by atoms with Gasteiger partial charge >= 0.3 is 0 Å². The van der Waals surface area contributed by atoms with Gasteiger partial charge in [-0.1, -0.05) is 18.9 Å². The van der Waals surface area contributed by atoms with Crippen molar-refractivity contribution in [2.75, 3.05) is 24.8 Å². The van der Waals surface area contributed by atoms with Crippen LogP contribution in [-0.4, -0.2) is 46.9 Å². The molecular weight excluding hydrogens is 550 g/mol. The summed E-state index contributed by atoms with van der Waals surface area (Å²) in [6.07, 6.45) is 6.76. The summed E-state index contributed by atoms with van der Waals surface area (Å²) in [6.45, 7) is 11.5. The van der Waals surface area contributed by atoms with Crippen LogP contribution in [0.4, 0.5) is 11.5 Å². The highest BCUT2D eigenvalue weighted by Crippen LogP contribution is 2.30. The number of nitrogens with zero attached hydrogens (tertiary/aromatic N) is 3. The van der Waals surface area contributed by atoms with Crippen molar-refractivity contribution in [3.8, 4) is 34.2 Å². The molecule has 0 aliphatic carbocycles. The number of hydrogen-bond acceptors (Lipinski definition) is 7. The van der Waals surface area contributed by atoms with Crippen molar-refractivity contribution < 1.29 is 14.3 Å². The van der Waals surface area contributed by atoms with Gasteiger partial charge in [0.25, 0.3) is 5.91 Å². The molecule has 2 N–H and O–H groups in total. The monoisotopic (exact) mass is 591 g/mol. The summed E-state index contributed by atoms with van der Waals surface area (Å²) in [6, 6.07) is 17.5. The van der Waals surface area contributed by atoms with Crippen LogP contribution in [-0.2, 0) is 14.9 Å². The minimum Gasteiger partial charge on any atom is -0.388 e. The molecule has 3 aromatic heterocycles. The Kier molecular flexibility index (Phi) is 11.5. The summed E-state index contributed by atoms with van der Waals surface area (Å²) < 4.78 is 5.22. The molecule has 8 nitrogen and oxygen atoms in total. The van der Waals surface area contributed by atoms with E-state index in [1.165, 1.54) is 12.7 Å². The zero-order valence-electron chi connectivity index (χ0n) is 26.8. The molecule has 0 radical (unpaired) electrons. The predicted molar refractivity (Wildman–Crippen MR) is 178 cm³/mol. The van der Waals surface area contributed by atoms with E-state index in [-0.39, 0.29) is 11.3 Å². The highest BCUT2D eigenvalue weighted by molar-refractivity contribution is 5.96. The number of ether oxygens (including phenoxy) is 1. The molecular formula is C36H41N5O3. The van der Waals surface area contributed by atoms with Gasteiger partial charge in [0, 0.05) is 56.0 Å². The number of aldehydes is 1. The largest absolute Gasteiger partial charge is 0.388 e. The summed E-state index contributed by atoms with van der Waals surface area (Å²) in [4.78, 5) is 36.0. The van der Waals surface area contributed by atoms with E-state index in [1.54, 1.807) is 44.6 Å². The molecule has 0 atom stereocenters. The molecule has 0 fully saturated rings. The molecule has 4 rings (SSSR count). The van der Waals surface area contributed by atoms with E-state index >= 15 is 0 Å². The van der Waals surface area contributed by atoms with Crippen LogP contribution in [0.25, 0.3) is 22.4 Å². The average Bonchev–Trinajstić information content (AvgIpc) is 3.04. The Balaban J connectivity index is 0.000000297. The van der Waals surface area contributed by atoms with Gasteiger partial charge in [0.15, 0.2) is 0 Å². The molecule has 0 saturated carbocycles. The highest BCUT2D eigenvalue weighted by Gasteiger charge is 2.27. The Morgan fingerprint density at radius 1 is 0.932 bits per heavy atom. The summed E-state index contributed by atoms with van der Waals surface area (Å²) in [5.74, 6) is 6.39. The zero-order chi connectivity index (χ0) is 32.3. The lowest BCUT2D eigenvalue weighted by Gasteiger charge is -2.21. The van der Waals surface area contributed by atoms with Crippen molar-refractivity contribution in [3.05, 3.63) is 90.0 Å². The third-order valence-electron chi connectivity index (χ3n) is 7.09. The number of aromatic nitrogens is 3. The lowest BCUT2D eigenvalue weighted by atomic mass is 9.89. The number of nitrogens with one attached hydrogen (secondary N) is 2. The topological polar surface area (TPSA) is 106 Å². The molecule has 4 aromatic rings. The van der Waals surface area contributed by atoms with E-state index in [4.69, 9.17) is 4.74 Å². The fraction of sp³-hybridized carbons (Fsp3) is 0.306. The Morgan fingerprint density at radius 3 is 2.32 bits per heavy atom. The number of carbonyl (C=O) groups is 2.